The average molecular weight is 305 g/mol. The van der Waals surface area contributed by atoms with Crippen LogP contribution in [0.2, 0.25) is 0 Å². The quantitative estimate of drug-likeness (QED) is 0.806. The standard InChI is InChI=1S/C16H19NO3S/c1-12-6-3-4-7-13(12)21-10-15(18)17-11-16(2,19)14-8-5-9-20-14/h3-9,19H,10-11H2,1-2H3,(H,17,18). The molecule has 0 spiro atoms. The minimum atomic E-state index is -1.20. The van der Waals surface area contributed by atoms with Crippen molar-refractivity contribution in [1.29, 1.82) is 0 Å². The van der Waals surface area contributed by atoms with Gasteiger partial charge in [-0.25, -0.2) is 0 Å². The first kappa shape index (κ1) is 15.7. The number of furan rings is 1. The van der Waals surface area contributed by atoms with Gasteiger partial charge < -0.3 is 14.8 Å². The molecule has 0 aliphatic rings. The summed E-state index contributed by atoms with van der Waals surface area (Å²) in [5, 5.41) is 13.0. The van der Waals surface area contributed by atoms with Gasteiger partial charge in [0.05, 0.1) is 18.6 Å². The molecule has 0 aliphatic heterocycles. The monoisotopic (exact) mass is 305 g/mol. The lowest BCUT2D eigenvalue weighted by atomic mass is 10.0. The van der Waals surface area contributed by atoms with E-state index in [2.05, 4.69) is 5.32 Å². The lowest BCUT2D eigenvalue weighted by molar-refractivity contribution is -0.119. The van der Waals surface area contributed by atoms with Gasteiger partial charge in [-0.3, -0.25) is 4.79 Å². The van der Waals surface area contributed by atoms with Crippen LogP contribution >= 0.6 is 11.8 Å². The van der Waals surface area contributed by atoms with Crippen molar-refractivity contribution in [3.05, 3.63) is 54.0 Å². The third-order valence-corrected chi connectivity index (χ3v) is 4.31. The van der Waals surface area contributed by atoms with E-state index in [4.69, 9.17) is 4.42 Å². The van der Waals surface area contributed by atoms with Gasteiger partial charge in [0.2, 0.25) is 5.91 Å². The second-order valence-corrected chi connectivity index (χ2v) is 6.10. The Hall–Kier alpha value is -1.72. The van der Waals surface area contributed by atoms with E-state index in [0.29, 0.717) is 11.5 Å². The van der Waals surface area contributed by atoms with Crippen LogP contribution in [0.5, 0.6) is 0 Å². The predicted octanol–water partition coefficient (Wildman–Crippen LogP) is 2.70. The molecular weight excluding hydrogens is 286 g/mol. The van der Waals surface area contributed by atoms with Crippen LogP contribution in [0, 0.1) is 6.92 Å². The van der Waals surface area contributed by atoms with E-state index in [0.717, 1.165) is 10.5 Å². The molecule has 1 heterocycles. The minimum Gasteiger partial charge on any atom is -0.466 e. The number of carbonyl (C=O) groups is 1. The average Bonchev–Trinajstić information content (AvgIpc) is 2.99. The number of aliphatic hydroxyl groups is 1. The van der Waals surface area contributed by atoms with E-state index in [9.17, 15) is 9.90 Å². The third-order valence-electron chi connectivity index (χ3n) is 3.13. The van der Waals surface area contributed by atoms with Gasteiger partial charge in [0.25, 0.3) is 0 Å². The molecule has 0 radical (unpaired) electrons. The van der Waals surface area contributed by atoms with E-state index < -0.39 is 5.60 Å². The number of amides is 1. The normalized spacial score (nSPS) is 13.7. The molecule has 1 atom stereocenters. The van der Waals surface area contributed by atoms with Gasteiger partial charge in [-0.1, -0.05) is 18.2 Å². The van der Waals surface area contributed by atoms with Crippen molar-refractivity contribution in [2.75, 3.05) is 12.3 Å². The summed E-state index contributed by atoms with van der Waals surface area (Å²) >= 11 is 1.49. The second-order valence-electron chi connectivity index (χ2n) is 5.08. The molecule has 1 aromatic heterocycles. The molecule has 21 heavy (non-hydrogen) atoms. The first-order chi connectivity index (χ1) is 9.99. The smallest absolute Gasteiger partial charge is 0.230 e. The molecule has 2 aromatic rings. The summed E-state index contributed by atoms with van der Waals surface area (Å²) in [6.07, 6.45) is 1.50. The molecule has 0 aliphatic carbocycles. The summed E-state index contributed by atoms with van der Waals surface area (Å²) in [6.45, 7) is 3.75. The molecule has 0 saturated carbocycles. The number of rotatable bonds is 6. The molecule has 4 nitrogen and oxygen atoms in total. The molecule has 5 heteroatoms. The lowest BCUT2D eigenvalue weighted by Gasteiger charge is -2.21. The number of carbonyl (C=O) groups excluding carboxylic acids is 1. The Bertz CT molecular complexity index is 593. The number of aryl methyl sites for hydroxylation is 1. The highest BCUT2D eigenvalue weighted by Gasteiger charge is 2.26. The Morgan fingerprint density at radius 2 is 2.10 bits per heavy atom. The van der Waals surface area contributed by atoms with E-state index in [-0.39, 0.29) is 12.5 Å². The van der Waals surface area contributed by atoms with Crippen molar-refractivity contribution in [1.82, 2.24) is 5.32 Å². The summed E-state index contributed by atoms with van der Waals surface area (Å²) < 4.78 is 5.17. The summed E-state index contributed by atoms with van der Waals surface area (Å²) in [7, 11) is 0. The van der Waals surface area contributed by atoms with Crippen molar-refractivity contribution in [2.24, 2.45) is 0 Å². The number of benzene rings is 1. The second kappa shape index (κ2) is 6.83. The van der Waals surface area contributed by atoms with E-state index >= 15 is 0 Å². The minimum absolute atomic E-state index is 0.116. The highest BCUT2D eigenvalue weighted by atomic mass is 32.2. The predicted molar refractivity (Wildman–Crippen MR) is 83.2 cm³/mol. The summed E-state index contributed by atoms with van der Waals surface area (Å²) in [5.74, 6) is 0.642. The van der Waals surface area contributed by atoms with Gasteiger partial charge in [-0.2, -0.15) is 0 Å². The Labute approximate surface area is 128 Å². The largest absolute Gasteiger partial charge is 0.466 e. The van der Waals surface area contributed by atoms with Gasteiger partial charge >= 0.3 is 0 Å². The topological polar surface area (TPSA) is 62.5 Å². The molecule has 1 amide bonds. The van der Waals surface area contributed by atoms with Gasteiger partial charge in [-0.15, -0.1) is 11.8 Å². The van der Waals surface area contributed by atoms with Crippen LogP contribution in [0.15, 0.2) is 52.0 Å². The SMILES string of the molecule is Cc1ccccc1SCC(=O)NCC(C)(O)c1ccco1. The highest BCUT2D eigenvalue weighted by Crippen LogP contribution is 2.22. The maximum absolute atomic E-state index is 11.9. The molecule has 0 bridgehead atoms. The zero-order valence-electron chi connectivity index (χ0n) is 12.1. The van der Waals surface area contributed by atoms with E-state index in [1.165, 1.54) is 18.0 Å². The van der Waals surface area contributed by atoms with Gasteiger partial charge in [0.1, 0.15) is 11.4 Å². The Balaban J connectivity index is 1.82. The Morgan fingerprint density at radius 3 is 2.76 bits per heavy atom. The fourth-order valence-corrected chi connectivity index (χ4v) is 2.71. The maximum atomic E-state index is 11.9. The van der Waals surface area contributed by atoms with Crippen LogP contribution in [0.25, 0.3) is 0 Å². The van der Waals surface area contributed by atoms with Crippen LogP contribution in [0.4, 0.5) is 0 Å². The maximum Gasteiger partial charge on any atom is 0.230 e. The first-order valence-electron chi connectivity index (χ1n) is 6.70. The van der Waals surface area contributed by atoms with Gasteiger partial charge in [0, 0.05) is 4.90 Å². The molecule has 112 valence electrons. The first-order valence-corrected chi connectivity index (χ1v) is 7.69. The van der Waals surface area contributed by atoms with Crippen molar-refractivity contribution in [2.45, 2.75) is 24.3 Å². The summed E-state index contributed by atoms with van der Waals surface area (Å²) in [5.41, 5.74) is -0.0511. The Kier molecular flexibility index (Phi) is 5.09. The van der Waals surface area contributed by atoms with E-state index in [1.807, 2.05) is 31.2 Å². The van der Waals surface area contributed by atoms with Crippen molar-refractivity contribution in [3.63, 3.8) is 0 Å². The molecule has 2 N–H and O–H groups in total. The van der Waals surface area contributed by atoms with Crippen molar-refractivity contribution < 1.29 is 14.3 Å². The van der Waals surface area contributed by atoms with E-state index in [1.54, 1.807) is 19.1 Å². The number of hydrogen-bond donors (Lipinski definition) is 2. The third kappa shape index (κ3) is 4.37. The fraction of sp³-hybridized carbons (Fsp3) is 0.312. The van der Waals surface area contributed by atoms with Crippen molar-refractivity contribution in [3.8, 4) is 0 Å². The molecule has 0 fully saturated rings. The fourth-order valence-electron chi connectivity index (χ4n) is 1.86. The summed E-state index contributed by atoms with van der Waals surface area (Å²) in [6, 6.07) is 11.3. The number of thioether (sulfide) groups is 1. The van der Waals surface area contributed by atoms with Crippen LogP contribution in [0.3, 0.4) is 0 Å². The highest BCUT2D eigenvalue weighted by molar-refractivity contribution is 8.00. The zero-order valence-corrected chi connectivity index (χ0v) is 12.9. The lowest BCUT2D eigenvalue weighted by Crippen LogP contribution is -2.39. The summed E-state index contributed by atoms with van der Waals surface area (Å²) in [4.78, 5) is 13.0. The molecule has 1 unspecified atom stereocenters. The number of nitrogens with one attached hydrogen (secondary N) is 1. The van der Waals surface area contributed by atoms with Crippen LogP contribution in [0.1, 0.15) is 18.2 Å². The molecule has 2 rings (SSSR count). The molecule has 0 saturated heterocycles. The van der Waals surface area contributed by atoms with Gasteiger partial charge in [-0.05, 0) is 37.6 Å². The molecule has 1 aromatic carbocycles. The van der Waals surface area contributed by atoms with Gasteiger partial charge in [0.15, 0.2) is 0 Å². The van der Waals surface area contributed by atoms with Crippen molar-refractivity contribution >= 4 is 17.7 Å². The van der Waals surface area contributed by atoms with Crippen LogP contribution in [-0.2, 0) is 10.4 Å². The zero-order chi connectivity index (χ0) is 15.3. The van der Waals surface area contributed by atoms with Crippen LogP contribution < -0.4 is 5.32 Å². The molecular formula is C16H19NO3S. The Morgan fingerprint density at radius 1 is 1.33 bits per heavy atom. The van der Waals surface area contributed by atoms with Crippen LogP contribution in [-0.4, -0.2) is 23.3 Å². The number of hydrogen-bond acceptors (Lipinski definition) is 4.